The van der Waals surface area contributed by atoms with Gasteiger partial charge in [0.05, 0.1) is 10.9 Å². The zero-order valence-corrected chi connectivity index (χ0v) is 11.0. The van der Waals surface area contributed by atoms with Crippen LogP contribution in [0.15, 0.2) is 29.2 Å². The molecule has 1 aliphatic heterocycles. The average Bonchev–Trinajstić information content (AvgIpc) is 3.07. The van der Waals surface area contributed by atoms with Crippen molar-refractivity contribution in [2.75, 3.05) is 12.8 Å². The molecule has 1 amide bonds. The van der Waals surface area contributed by atoms with Crippen molar-refractivity contribution in [2.24, 2.45) is 0 Å². The number of rotatable bonds is 3. The number of carbonyl (C=O) groups excluding carboxylic acids is 1. The summed E-state index contributed by atoms with van der Waals surface area (Å²) in [5, 5.41) is 10.0. The maximum absolute atomic E-state index is 11.3. The lowest BCUT2D eigenvalue weighted by Gasteiger charge is -2.11. The third kappa shape index (κ3) is 2.54. The van der Waals surface area contributed by atoms with Gasteiger partial charge in [-0.3, -0.25) is 4.79 Å². The Labute approximate surface area is 106 Å². The summed E-state index contributed by atoms with van der Waals surface area (Å²) in [6.45, 7) is 2.00. The fourth-order valence-corrected chi connectivity index (χ4v) is 2.55. The molecule has 1 heterocycles. The Morgan fingerprint density at radius 2 is 1.94 bits per heavy atom. The van der Waals surface area contributed by atoms with Crippen molar-refractivity contribution in [1.29, 1.82) is 0 Å². The maximum atomic E-state index is 11.3. The van der Waals surface area contributed by atoms with Gasteiger partial charge >= 0.3 is 0 Å². The first-order chi connectivity index (χ1) is 8.30. The Morgan fingerprint density at radius 3 is 2.33 bits per heavy atom. The highest BCUT2D eigenvalue weighted by atomic mass is 32.2. The van der Waals surface area contributed by atoms with Gasteiger partial charge in [0.15, 0.2) is 9.84 Å². The van der Waals surface area contributed by atoms with E-state index in [0.717, 1.165) is 6.26 Å². The molecule has 18 heavy (non-hydrogen) atoms. The molecule has 1 saturated heterocycles. The number of aliphatic hydroxyl groups is 1. The second-order valence-electron chi connectivity index (χ2n) is 4.52. The van der Waals surface area contributed by atoms with E-state index in [1.165, 1.54) is 19.1 Å². The fraction of sp³-hybridized carbons (Fsp3) is 0.417. The molecule has 2 rings (SSSR count). The highest BCUT2D eigenvalue weighted by Gasteiger charge is 2.42. The second-order valence-corrected chi connectivity index (χ2v) is 6.54. The number of carbonyl (C=O) groups is 1. The molecule has 2 atom stereocenters. The quantitative estimate of drug-likeness (QED) is 0.804. The summed E-state index contributed by atoms with van der Waals surface area (Å²) in [6, 6.07) is 5.91. The van der Waals surface area contributed by atoms with E-state index in [2.05, 4.69) is 0 Å². The Hall–Kier alpha value is -1.40. The first kappa shape index (κ1) is 13.0. The monoisotopic (exact) mass is 269 g/mol. The van der Waals surface area contributed by atoms with Crippen molar-refractivity contribution in [2.45, 2.75) is 24.0 Å². The summed E-state index contributed by atoms with van der Waals surface area (Å²) in [4.78, 5) is 12.9. The van der Waals surface area contributed by atoms with Gasteiger partial charge in [-0.2, -0.15) is 0 Å². The molecule has 1 fully saturated rings. The highest BCUT2D eigenvalue weighted by molar-refractivity contribution is 7.90. The topological polar surface area (TPSA) is 74.5 Å². The molecular weight excluding hydrogens is 254 g/mol. The minimum absolute atomic E-state index is 0.0631. The molecule has 0 saturated carbocycles. The Morgan fingerprint density at radius 1 is 1.39 bits per heavy atom. The molecule has 6 heteroatoms. The fourth-order valence-electron chi connectivity index (χ4n) is 1.92. The van der Waals surface area contributed by atoms with Gasteiger partial charge < -0.3 is 10.0 Å². The van der Waals surface area contributed by atoms with Crippen molar-refractivity contribution in [3.8, 4) is 0 Å². The highest BCUT2D eigenvalue weighted by Crippen LogP contribution is 2.31. The van der Waals surface area contributed by atoms with Crippen LogP contribution >= 0.6 is 0 Å². The number of sulfone groups is 1. The van der Waals surface area contributed by atoms with E-state index < -0.39 is 15.9 Å². The minimum Gasteiger partial charge on any atom is -0.386 e. The van der Waals surface area contributed by atoms with E-state index in [-0.39, 0.29) is 16.8 Å². The minimum atomic E-state index is -3.22. The van der Waals surface area contributed by atoms with Crippen LogP contribution in [-0.2, 0) is 14.6 Å². The van der Waals surface area contributed by atoms with Crippen LogP contribution < -0.4 is 0 Å². The molecule has 5 nitrogen and oxygen atoms in total. The zero-order valence-electron chi connectivity index (χ0n) is 10.2. The first-order valence-corrected chi connectivity index (χ1v) is 7.45. The van der Waals surface area contributed by atoms with Gasteiger partial charge in [-0.1, -0.05) is 12.1 Å². The maximum Gasteiger partial charge on any atom is 0.219 e. The van der Waals surface area contributed by atoms with Crippen molar-refractivity contribution >= 4 is 15.7 Å². The van der Waals surface area contributed by atoms with Gasteiger partial charge in [0.1, 0.15) is 6.10 Å². The van der Waals surface area contributed by atoms with E-state index in [0.29, 0.717) is 12.1 Å². The molecule has 1 N–H and O–H groups in total. The lowest BCUT2D eigenvalue weighted by molar-refractivity contribution is -0.124. The SMILES string of the molecule is CC(=O)N1CC1[C@H](O)c1ccc(S(C)(=O)=O)cc1. The molecule has 0 spiro atoms. The van der Waals surface area contributed by atoms with Crippen molar-refractivity contribution in [3.05, 3.63) is 29.8 Å². The summed E-state index contributed by atoms with van der Waals surface area (Å²) < 4.78 is 22.6. The van der Waals surface area contributed by atoms with Gasteiger partial charge in [0.2, 0.25) is 5.91 Å². The Bertz CT molecular complexity index is 564. The van der Waals surface area contributed by atoms with Gasteiger partial charge in [-0.25, -0.2) is 8.42 Å². The first-order valence-electron chi connectivity index (χ1n) is 5.56. The summed E-state index contributed by atoms with van der Waals surface area (Å²) in [5.74, 6) is -0.0631. The summed E-state index contributed by atoms with van der Waals surface area (Å²) >= 11 is 0. The summed E-state index contributed by atoms with van der Waals surface area (Å²) in [7, 11) is -3.22. The van der Waals surface area contributed by atoms with Crippen LogP contribution in [0.25, 0.3) is 0 Å². The molecule has 1 aromatic carbocycles. The number of nitrogens with zero attached hydrogens (tertiary/aromatic N) is 1. The van der Waals surface area contributed by atoms with Crippen LogP contribution in [0.2, 0.25) is 0 Å². The van der Waals surface area contributed by atoms with Crippen molar-refractivity contribution in [3.63, 3.8) is 0 Å². The number of aliphatic hydroxyl groups excluding tert-OH is 1. The van der Waals surface area contributed by atoms with E-state index in [4.69, 9.17) is 0 Å². The molecule has 98 valence electrons. The van der Waals surface area contributed by atoms with Gasteiger partial charge in [-0.05, 0) is 17.7 Å². The molecular formula is C12H15NO4S. The van der Waals surface area contributed by atoms with Crippen LogP contribution in [-0.4, -0.2) is 43.2 Å². The van der Waals surface area contributed by atoms with E-state index in [1.54, 1.807) is 17.0 Å². The third-order valence-corrected chi connectivity index (χ3v) is 4.20. The zero-order chi connectivity index (χ0) is 13.5. The van der Waals surface area contributed by atoms with Crippen LogP contribution in [0.5, 0.6) is 0 Å². The average molecular weight is 269 g/mol. The lowest BCUT2D eigenvalue weighted by Crippen LogP contribution is -2.15. The van der Waals surface area contributed by atoms with Crippen molar-refractivity contribution < 1.29 is 18.3 Å². The lowest BCUT2D eigenvalue weighted by atomic mass is 10.1. The predicted octanol–water partition coefficient (Wildman–Crippen LogP) is 0.354. The molecule has 1 aromatic rings. The smallest absolute Gasteiger partial charge is 0.219 e. The van der Waals surface area contributed by atoms with E-state index in [1.807, 2.05) is 0 Å². The molecule has 0 aliphatic carbocycles. The predicted molar refractivity (Wildman–Crippen MR) is 65.7 cm³/mol. The molecule has 1 aliphatic rings. The van der Waals surface area contributed by atoms with Crippen LogP contribution in [0.4, 0.5) is 0 Å². The van der Waals surface area contributed by atoms with E-state index >= 15 is 0 Å². The van der Waals surface area contributed by atoms with Crippen LogP contribution in [0.1, 0.15) is 18.6 Å². The normalized spacial score (nSPS) is 20.6. The Balaban J connectivity index is 2.14. The number of benzene rings is 1. The van der Waals surface area contributed by atoms with Gasteiger partial charge in [0.25, 0.3) is 0 Å². The van der Waals surface area contributed by atoms with Crippen LogP contribution in [0, 0.1) is 0 Å². The number of hydrogen-bond donors (Lipinski definition) is 1. The third-order valence-electron chi connectivity index (χ3n) is 3.07. The number of hydrogen-bond acceptors (Lipinski definition) is 4. The standard InChI is InChI=1S/C12H15NO4S/c1-8(14)13-7-11(13)12(15)9-3-5-10(6-4-9)18(2,16)17/h3-6,11-12,15H,7H2,1-2H3/t11?,12-,13?/m1/s1. The molecule has 0 bridgehead atoms. The van der Waals surface area contributed by atoms with Crippen LogP contribution in [0.3, 0.4) is 0 Å². The molecule has 1 unspecified atom stereocenters. The summed E-state index contributed by atoms with van der Waals surface area (Å²) in [6.07, 6.45) is 0.374. The molecule has 0 aromatic heterocycles. The molecule has 0 radical (unpaired) electrons. The Kier molecular flexibility index (Phi) is 3.16. The van der Waals surface area contributed by atoms with Crippen molar-refractivity contribution in [1.82, 2.24) is 4.90 Å². The summed E-state index contributed by atoms with van der Waals surface area (Å²) in [5.41, 5.74) is 0.621. The van der Waals surface area contributed by atoms with Gasteiger partial charge in [0, 0.05) is 19.7 Å². The number of amides is 1. The largest absolute Gasteiger partial charge is 0.386 e. The second kappa shape index (κ2) is 4.37. The van der Waals surface area contributed by atoms with Gasteiger partial charge in [-0.15, -0.1) is 0 Å². The van der Waals surface area contributed by atoms with E-state index in [9.17, 15) is 18.3 Å².